The molecule has 0 spiro atoms. The van der Waals surface area contributed by atoms with Gasteiger partial charge in [-0.25, -0.2) is 4.79 Å². The molecule has 2 rings (SSSR count). The quantitative estimate of drug-likeness (QED) is 0.714. The first-order valence-electron chi connectivity index (χ1n) is 6.12. The molecule has 0 aromatic heterocycles. The molecule has 1 fully saturated rings. The number of nitrogens with one attached hydrogen (secondary N) is 2. The predicted octanol–water partition coefficient (Wildman–Crippen LogP) is -0.0677. The molecule has 1 saturated heterocycles. The molecule has 1 aliphatic heterocycles. The fourth-order valence-corrected chi connectivity index (χ4v) is 1.83. The maximum Gasteiger partial charge on any atom is 0.317 e. The Kier molecular flexibility index (Phi) is 4.01. The highest BCUT2D eigenvalue weighted by molar-refractivity contribution is 5.93. The highest BCUT2D eigenvalue weighted by Crippen LogP contribution is 2.08. The fraction of sp³-hybridized carbons (Fsp3) is 0.385. The topological polar surface area (TPSA) is 81.7 Å². The molecule has 6 nitrogen and oxygen atoms in total. The van der Waals surface area contributed by atoms with Gasteiger partial charge in [0.05, 0.1) is 19.2 Å². The Bertz CT molecular complexity index is 467. The third-order valence-electron chi connectivity index (χ3n) is 3.04. The fourth-order valence-electron chi connectivity index (χ4n) is 1.83. The number of β-amino-alcohol motifs (C(OH)–C–C–N with tert-alkyl or cyclic N) is 1. The van der Waals surface area contributed by atoms with E-state index in [-0.39, 0.29) is 11.9 Å². The molecular formula is C13H17N3O3. The second-order valence-electron chi connectivity index (χ2n) is 4.49. The summed E-state index contributed by atoms with van der Waals surface area (Å²) in [6.07, 6.45) is -0.391. The summed E-state index contributed by atoms with van der Waals surface area (Å²) in [6.45, 7) is 1.18. The van der Waals surface area contributed by atoms with Crippen LogP contribution in [0, 0.1) is 0 Å². The van der Waals surface area contributed by atoms with Crippen LogP contribution < -0.4 is 10.6 Å². The van der Waals surface area contributed by atoms with Gasteiger partial charge in [0, 0.05) is 19.2 Å². The molecule has 102 valence electrons. The van der Waals surface area contributed by atoms with Crippen LogP contribution in [0.1, 0.15) is 15.9 Å². The van der Waals surface area contributed by atoms with Gasteiger partial charge in [-0.15, -0.1) is 0 Å². The Labute approximate surface area is 111 Å². The Morgan fingerprint density at radius 2 is 1.95 bits per heavy atom. The smallest absolute Gasteiger partial charge is 0.317 e. The lowest BCUT2D eigenvalue weighted by molar-refractivity contribution is 0.0265. The molecule has 1 aromatic rings. The number of amides is 3. The highest BCUT2D eigenvalue weighted by Gasteiger charge is 2.28. The van der Waals surface area contributed by atoms with Gasteiger partial charge in [-0.2, -0.15) is 0 Å². The van der Waals surface area contributed by atoms with Crippen LogP contribution in [0.3, 0.4) is 0 Å². The van der Waals surface area contributed by atoms with Crippen LogP contribution in [0.25, 0.3) is 0 Å². The van der Waals surface area contributed by atoms with Gasteiger partial charge in [-0.05, 0) is 17.7 Å². The molecule has 1 heterocycles. The number of hydrogen-bond donors (Lipinski definition) is 3. The summed E-state index contributed by atoms with van der Waals surface area (Å²) >= 11 is 0. The second-order valence-corrected chi connectivity index (χ2v) is 4.49. The number of aliphatic hydroxyl groups excluding tert-OH is 1. The van der Waals surface area contributed by atoms with Gasteiger partial charge in [0.1, 0.15) is 0 Å². The molecule has 0 unspecified atom stereocenters. The van der Waals surface area contributed by atoms with Crippen molar-refractivity contribution in [2.75, 3.05) is 20.1 Å². The number of rotatable bonds is 3. The molecule has 0 aliphatic carbocycles. The Hall–Kier alpha value is -2.08. The number of carbonyl (C=O) groups excluding carboxylic acids is 2. The number of urea groups is 1. The Morgan fingerprint density at radius 3 is 2.47 bits per heavy atom. The number of hydrogen-bond acceptors (Lipinski definition) is 3. The zero-order valence-corrected chi connectivity index (χ0v) is 10.7. The van der Waals surface area contributed by atoms with Crippen LogP contribution in [0.15, 0.2) is 24.3 Å². The number of benzene rings is 1. The Morgan fingerprint density at radius 1 is 1.32 bits per heavy atom. The van der Waals surface area contributed by atoms with Crippen LogP contribution in [0.4, 0.5) is 4.79 Å². The average Bonchev–Trinajstić information content (AvgIpc) is 2.41. The van der Waals surface area contributed by atoms with Crippen molar-refractivity contribution in [2.24, 2.45) is 0 Å². The molecule has 3 amide bonds. The molecule has 1 aromatic carbocycles. The van der Waals surface area contributed by atoms with Crippen LogP contribution in [-0.2, 0) is 6.54 Å². The summed E-state index contributed by atoms with van der Waals surface area (Å²) in [5.74, 6) is -0.134. The standard InChI is InChI=1S/C13H17N3O3/c1-14-12(18)10-4-2-9(3-5-10)6-15-13(19)16-7-11(17)8-16/h2-5,11,17H,6-8H2,1H3,(H,14,18)(H,15,19). The third-order valence-corrected chi connectivity index (χ3v) is 3.04. The van der Waals surface area contributed by atoms with E-state index in [1.165, 1.54) is 0 Å². The maximum absolute atomic E-state index is 11.6. The summed E-state index contributed by atoms with van der Waals surface area (Å²) in [7, 11) is 1.58. The minimum Gasteiger partial charge on any atom is -0.389 e. The van der Waals surface area contributed by atoms with E-state index in [1.54, 1.807) is 36.2 Å². The molecule has 0 bridgehead atoms. The minimum atomic E-state index is -0.391. The van der Waals surface area contributed by atoms with Crippen LogP contribution in [0.5, 0.6) is 0 Å². The van der Waals surface area contributed by atoms with E-state index in [1.807, 2.05) is 0 Å². The zero-order valence-electron chi connectivity index (χ0n) is 10.7. The van der Waals surface area contributed by atoms with Crippen molar-refractivity contribution in [3.05, 3.63) is 35.4 Å². The van der Waals surface area contributed by atoms with Crippen LogP contribution >= 0.6 is 0 Å². The summed E-state index contributed by atoms with van der Waals surface area (Å²) in [6, 6.07) is 6.85. The van der Waals surface area contributed by atoms with Gasteiger partial charge < -0.3 is 20.6 Å². The van der Waals surface area contributed by atoms with E-state index in [2.05, 4.69) is 10.6 Å². The summed E-state index contributed by atoms with van der Waals surface area (Å²) < 4.78 is 0. The summed E-state index contributed by atoms with van der Waals surface area (Å²) in [5.41, 5.74) is 1.51. The van der Waals surface area contributed by atoms with Crippen molar-refractivity contribution in [1.29, 1.82) is 0 Å². The molecular weight excluding hydrogens is 246 g/mol. The van der Waals surface area contributed by atoms with E-state index in [9.17, 15) is 9.59 Å². The first kappa shape index (κ1) is 13.4. The number of aliphatic hydroxyl groups is 1. The van der Waals surface area contributed by atoms with Crippen molar-refractivity contribution < 1.29 is 14.7 Å². The zero-order chi connectivity index (χ0) is 13.8. The molecule has 1 aliphatic rings. The second kappa shape index (κ2) is 5.71. The first-order valence-corrected chi connectivity index (χ1v) is 6.12. The van der Waals surface area contributed by atoms with Crippen molar-refractivity contribution in [1.82, 2.24) is 15.5 Å². The lowest BCUT2D eigenvalue weighted by Gasteiger charge is -2.35. The highest BCUT2D eigenvalue weighted by atomic mass is 16.3. The van der Waals surface area contributed by atoms with Gasteiger partial charge in [-0.1, -0.05) is 12.1 Å². The van der Waals surface area contributed by atoms with E-state index in [0.717, 1.165) is 5.56 Å². The molecule has 0 saturated carbocycles. The lowest BCUT2D eigenvalue weighted by atomic mass is 10.1. The van der Waals surface area contributed by atoms with Crippen LogP contribution in [0.2, 0.25) is 0 Å². The minimum absolute atomic E-state index is 0.134. The molecule has 6 heteroatoms. The summed E-state index contributed by atoms with van der Waals surface area (Å²) in [4.78, 5) is 24.5. The van der Waals surface area contributed by atoms with Gasteiger partial charge in [-0.3, -0.25) is 4.79 Å². The summed E-state index contributed by atoms with van der Waals surface area (Å²) in [5, 5.41) is 14.4. The predicted molar refractivity (Wildman–Crippen MR) is 69.6 cm³/mol. The lowest BCUT2D eigenvalue weighted by Crippen LogP contribution is -2.56. The Balaban J connectivity index is 1.83. The molecule has 0 radical (unpaired) electrons. The monoisotopic (exact) mass is 263 g/mol. The number of carbonyl (C=O) groups is 2. The third kappa shape index (κ3) is 3.23. The molecule has 3 N–H and O–H groups in total. The van der Waals surface area contributed by atoms with Crippen molar-refractivity contribution in [3.63, 3.8) is 0 Å². The number of likely N-dealkylation sites (tertiary alicyclic amines) is 1. The van der Waals surface area contributed by atoms with E-state index < -0.39 is 6.10 Å². The van der Waals surface area contributed by atoms with E-state index >= 15 is 0 Å². The van der Waals surface area contributed by atoms with E-state index in [4.69, 9.17) is 5.11 Å². The number of nitrogens with zero attached hydrogens (tertiary/aromatic N) is 1. The maximum atomic E-state index is 11.6. The largest absolute Gasteiger partial charge is 0.389 e. The van der Waals surface area contributed by atoms with Crippen molar-refractivity contribution >= 4 is 11.9 Å². The average molecular weight is 263 g/mol. The van der Waals surface area contributed by atoms with Gasteiger partial charge >= 0.3 is 6.03 Å². The van der Waals surface area contributed by atoms with Gasteiger partial charge in [0.2, 0.25) is 0 Å². The normalized spacial score (nSPS) is 14.7. The van der Waals surface area contributed by atoms with Crippen molar-refractivity contribution in [2.45, 2.75) is 12.6 Å². The molecule has 0 atom stereocenters. The first-order chi connectivity index (χ1) is 9.10. The van der Waals surface area contributed by atoms with Crippen LogP contribution in [-0.4, -0.2) is 48.2 Å². The van der Waals surface area contributed by atoms with E-state index in [0.29, 0.717) is 25.2 Å². The molecule has 19 heavy (non-hydrogen) atoms. The van der Waals surface area contributed by atoms with Crippen molar-refractivity contribution in [3.8, 4) is 0 Å². The van der Waals surface area contributed by atoms with Gasteiger partial charge in [0.25, 0.3) is 5.91 Å². The SMILES string of the molecule is CNC(=O)c1ccc(CNC(=O)N2CC(O)C2)cc1. The van der Waals surface area contributed by atoms with Gasteiger partial charge in [0.15, 0.2) is 0 Å².